The molecule has 2 aromatic carbocycles. The van der Waals surface area contributed by atoms with Crippen LogP contribution in [0.1, 0.15) is 28.5 Å². The van der Waals surface area contributed by atoms with Gasteiger partial charge < -0.3 is 10.1 Å². The van der Waals surface area contributed by atoms with Crippen molar-refractivity contribution in [2.75, 3.05) is 0 Å². The third-order valence-electron chi connectivity index (χ3n) is 4.21. The van der Waals surface area contributed by atoms with Crippen molar-refractivity contribution in [3.8, 4) is 5.69 Å². The Bertz CT molecular complexity index is 965. The summed E-state index contributed by atoms with van der Waals surface area (Å²) < 4.78 is 19.9. The number of benzene rings is 2. The van der Waals surface area contributed by atoms with E-state index in [2.05, 4.69) is 10.4 Å². The Morgan fingerprint density at radius 3 is 2.39 bits per heavy atom. The Kier molecular flexibility index (Phi) is 5.84. The molecule has 0 bridgehead atoms. The predicted molar refractivity (Wildman–Crippen MR) is 101 cm³/mol. The molecule has 0 saturated heterocycles. The van der Waals surface area contributed by atoms with Crippen LogP contribution in [0.2, 0.25) is 0 Å². The highest BCUT2D eigenvalue weighted by Crippen LogP contribution is 2.13. The average Bonchev–Trinajstić information content (AvgIpc) is 3.13. The summed E-state index contributed by atoms with van der Waals surface area (Å²) in [5.74, 6) is -1.36. The molecule has 1 N–H and O–H groups in total. The molecule has 1 aromatic heterocycles. The van der Waals surface area contributed by atoms with Crippen molar-refractivity contribution < 1.29 is 18.7 Å². The second-order valence-electron chi connectivity index (χ2n) is 6.32. The van der Waals surface area contributed by atoms with Gasteiger partial charge in [0.15, 0.2) is 6.10 Å². The quantitative estimate of drug-likeness (QED) is 0.666. The highest BCUT2D eigenvalue weighted by molar-refractivity contribution is 5.92. The van der Waals surface area contributed by atoms with Crippen LogP contribution in [0.4, 0.5) is 4.39 Å². The SMILES string of the molecule is Cc1ccnn1-c1ccc(C(=O)O[C@H](C)C(=O)NCc2ccc(F)cc2)cc1. The number of ether oxygens (including phenoxy) is 1. The van der Waals surface area contributed by atoms with Gasteiger partial charge in [-0.15, -0.1) is 0 Å². The van der Waals surface area contributed by atoms with Crippen LogP contribution in [0.15, 0.2) is 60.8 Å². The standard InChI is InChI=1S/C21H20FN3O3/c1-14-11-12-24-25(14)19-9-5-17(6-10-19)21(27)28-15(2)20(26)23-13-16-3-7-18(22)8-4-16/h3-12,15H,13H2,1-2H3,(H,23,26)/t15-/m1/s1. The molecule has 0 saturated carbocycles. The van der Waals surface area contributed by atoms with E-state index in [1.165, 1.54) is 19.1 Å². The van der Waals surface area contributed by atoms with Gasteiger partial charge in [0.25, 0.3) is 5.91 Å². The van der Waals surface area contributed by atoms with Crippen LogP contribution in [-0.4, -0.2) is 27.8 Å². The summed E-state index contributed by atoms with van der Waals surface area (Å²) in [6.45, 7) is 3.65. The van der Waals surface area contributed by atoms with Crippen molar-refractivity contribution in [3.05, 3.63) is 83.4 Å². The molecule has 0 radical (unpaired) electrons. The Labute approximate surface area is 161 Å². The zero-order chi connectivity index (χ0) is 20.1. The number of halogens is 1. The van der Waals surface area contributed by atoms with Gasteiger partial charge in [-0.3, -0.25) is 4.79 Å². The lowest BCUT2D eigenvalue weighted by atomic mass is 10.2. The third-order valence-corrected chi connectivity index (χ3v) is 4.21. The molecule has 0 spiro atoms. The van der Waals surface area contributed by atoms with E-state index in [-0.39, 0.29) is 12.4 Å². The lowest BCUT2D eigenvalue weighted by molar-refractivity contribution is -0.129. The van der Waals surface area contributed by atoms with E-state index in [4.69, 9.17) is 4.74 Å². The fraction of sp³-hybridized carbons (Fsp3) is 0.190. The van der Waals surface area contributed by atoms with Gasteiger partial charge in [0.1, 0.15) is 5.82 Å². The number of carbonyl (C=O) groups excluding carboxylic acids is 2. The van der Waals surface area contributed by atoms with Crippen molar-refractivity contribution in [2.45, 2.75) is 26.5 Å². The maximum Gasteiger partial charge on any atom is 0.338 e. The Morgan fingerprint density at radius 1 is 1.11 bits per heavy atom. The van der Waals surface area contributed by atoms with Crippen LogP contribution < -0.4 is 5.32 Å². The molecule has 1 atom stereocenters. The number of hydrogen-bond donors (Lipinski definition) is 1. The summed E-state index contributed by atoms with van der Waals surface area (Å²) in [6.07, 6.45) is 0.741. The number of amides is 1. The lowest BCUT2D eigenvalue weighted by Crippen LogP contribution is -2.35. The molecule has 0 aliphatic carbocycles. The largest absolute Gasteiger partial charge is 0.449 e. The molecular formula is C21H20FN3O3. The number of nitrogens with zero attached hydrogens (tertiary/aromatic N) is 2. The molecule has 0 fully saturated rings. The van der Waals surface area contributed by atoms with Crippen molar-refractivity contribution in [1.29, 1.82) is 0 Å². The van der Waals surface area contributed by atoms with Crippen molar-refractivity contribution >= 4 is 11.9 Å². The number of rotatable bonds is 6. The van der Waals surface area contributed by atoms with Gasteiger partial charge in [-0.2, -0.15) is 5.10 Å². The summed E-state index contributed by atoms with van der Waals surface area (Å²) in [6, 6.07) is 14.5. The van der Waals surface area contributed by atoms with Gasteiger partial charge in [0.05, 0.1) is 11.3 Å². The number of aryl methyl sites for hydroxylation is 1. The zero-order valence-corrected chi connectivity index (χ0v) is 15.6. The Morgan fingerprint density at radius 2 is 1.79 bits per heavy atom. The summed E-state index contributed by atoms with van der Waals surface area (Å²) in [5.41, 5.74) is 2.88. The molecule has 3 aromatic rings. The molecule has 28 heavy (non-hydrogen) atoms. The summed E-state index contributed by atoms with van der Waals surface area (Å²) in [4.78, 5) is 24.4. The second kappa shape index (κ2) is 8.47. The minimum absolute atomic E-state index is 0.221. The second-order valence-corrected chi connectivity index (χ2v) is 6.32. The van der Waals surface area contributed by atoms with E-state index in [9.17, 15) is 14.0 Å². The molecular weight excluding hydrogens is 361 g/mol. The van der Waals surface area contributed by atoms with Crippen LogP contribution >= 0.6 is 0 Å². The van der Waals surface area contributed by atoms with Gasteiger partial charge in [0.2, 0.25) is 0 Å². The third kappa shape index (κ3) is 4.62. The summed E-state index contributed by atoms with van der Waals surface area (Å²) >= 11 is 0. The monoisotopic (exact) mass is 381 g/mol. The van der Waals surface area contributed by atoms with Crippen LogP contribution in [-0.2, 0) is 16.1 Å². The molecule has 0 aliphatic heterocycles. The first-order valence-corrected chi connectivity index (χ1v) is 8.78. The highest BCUT2D eigenvalue weighted by Gasteiger charge is 2.18. The van der Waals surface area contributed by atoms with E-state index in [0.29, 0.717) is 5.56 Å². The lowest BCUT2D eigenvalue weighted by Gasteiger charge is -2.14. The first-order chi connectivity index (χ1) is 13.4. The molecule has 0 unspecified atom stereocenters. The van der Waals surface area contributed by atoms with Gasteiger partial charge >= 0.3 is 5.97 Å². The van der Waals surface area contributed by atoms with Gasteiger partial charge in [-0.05, 0) is 61.9 Å². The smallest absolute Gasteiger partial charge is 0.338 e. The van der Waals surface area contributed by atoms with Crippen LogP contribution in [0.3, 0.4) is 0 Å². The molecule has 144 valence electrons. The van der Waals surface area contributed by atoms with E-state index in [1.54, 1.807) is 47.3 Å². The fourth-order valence-electron chi connectivity index (χ4n) is 2.60. The molecule has 7 heteroatoms. The number of carbonyl (C=O) groups is 2. The van der Waals surface area contributed by atoms with Gasteiger partial charge in [-0.1, -0.05) is 12.1 Å². The van der Waals surface area contributed by atoms with E-state index >= 15 is 0 Å². The van der Waals surface area contributed by atoms with E-state index < -0.39 is 18.0 Å². The molecule has 1 amide bonds. The molecule has 3 rings (SSSR count). The minimum Gasteiger partial charge on any atom is -0.449 e. The average molecular weight is 381 g/mol. The maximum absolute atomic E-state index is 12.9. The van der Waals surface area contributed by atoms with Gasteiger partial charge in [-0.25, -0.2) is 13.9 Å². The van der Waals surface area contributed by atoms with Crippen LogP contribution in [0.25, 0.3) is 5.69 Å². The van der Waals surface area contributed by atoms with Crippen LogP contribution in [0.5, 0.6) is 0 Å². The molecule has 0 aliphatic rings. The number of esters is 1. The zero-order valence-electron chi connectivity index (χ0n) is 15.6. The Balaban J connectivity index is 1.55. The number of nitrogens with one attached hydrogen (secondary N) is 1. The summed E-state index contributed by atoms with van der Waals surface area (Å²) in [7, 11) is 0. The minimum atomic E-state index is -0.957. The fourth-order valence-corrected chi connectivity index (χ4v) is 2.60. The normalized spacial score (nSPS) is 11.7. The molecule has 6 nitrogen and oxygen atoms in total. The number of aromatic nitrogens is 2. The van der Waals surface area contributed by atoms with Crippen LogP contribution in [0, 0.1) is 12.7 Å². The Hall–Kier alpha value is -3.48. The predicted octanol–water partition coefficient (Wildman–Crippen LogP) is 3.18. The first kappa shape index (κ1) is 19.3. The van der Waals surface area contributed by atoms with Gasteiger partial charge in [0, 0.05) is 18.4 Å². The maximum atomic E-state index is 12.9. The van der Waals surface area contributed by atoms with E-state index in [0.717, 1.165) is 16.9 Å². The topological polar surface area (TPSA) is 73.2 Å². The first-order valence-electron chi connectivity index (χ1n) is 8.78. The van der Waals surface area contributed by atoms with E-state index in [1.807, 2.05) is 13.0 Å². The number of hydrogen-bond acceptors (Lipinski definition) is 4. The van der Waals surface area contributed by atoms with Crippen molar-refractivity contribution in [3.63, 3.8) is 0 Å². The molecule has 1 heterocycles. The highest BCUT2D eigenvalue weighted by atomic mass is 19.1. The summed E-state index contributed by atoms with van der Waals surface area (Å²) in [5, 5.41) is 6.87. The van der Waals surface area contributed by atoms with Crippen molar-refractivity contribution in [1.82, 2.24) is 15.1 Å². The van der Waals surface area contributed by atoms with Crippen molar-refractivity contribution in [2.24, 2.45) is 0 Å².